The summed E-state index contributed by atoms with van der Waals surface area (Å²) >= 11 is 0. The summed E-state index contributed by atoms with van der Waals surface area (Å²) in [6.45, 7) is 10.5. The van der Waals surface area contributed by atoms with Gasteiger partial charge in [0.2, 0.25) is 0 Å². The maximum atomic E-state index is 12.5. The lowest BCUT2D eigenvalue weighted by Crippen LogP contribution is -2.47. The molecule has 112 valence electrons. The van der Waals surface area contributed by atoms with Crippen LogP contribution in [0.5, 0.6) is 0 Å². The number of carbonyl (C=O) groups is 1. The van der Waals surface area contributed by atoms with E-state index in [2.05, 4.69) is 45.6 Å². The first-order valence-corrected chi connectivity index (χ1v) is 7.42. The molecule has 0 radical (unpaired) electrons. The second-order valence-corrected chi connectivity index (χ2v) is 6.79. The molecule has 21 heavy (non-hydrogen) atoms. The number of hydrogen-bond donors (Lipinski definition) is 0. The van der Waals surface area contributed by atoms with E-state index < -0.39 is 5.41 Å². The summed E-state index contributed by atoms with van der Waals surface area (Å²) in [5.74, 6) is -0.0971. The summed E-state index contributed by atoms with van der Waals surface area (Å²) in [6, 6.07) is 10.2. The van der Waals surface area contributed by atoms with Crippen LogP contribution in [0, 0.1) is 10.8 Å². The first-order chi connectivity index (χ1) is 9.89. The molecule has 0 spiro atoms. The van der Waals surface area contributed by atoms with Crippen LogP contribution in [0.25, 0.3) is 6.08 Å². The summed E-state index contributed by atoms with van der Waals surface area (Å²) in [5.41, 5.74) is 1.62. The van der Waals surface area contributed by atoms with Gasteiger partial charge >= 0.3 is 5.97 Å². The molecule has 1 heterocycles. The molecular formula is C19H24O2. The molecule has 1 aliphatic rings. The van der Waals surface area contributed by atoms with Crippen molar-refractivity contribution in [3.05, 3.63) is 54.1 Å². The topological polar surface area (TPSA) is 26.3 Å². The number of carbonyl (C=O) groups excluding carboxylic acids is 1. The Kier molecular flexibility index (Phi) is 4.36. The van der Waals surface area contributed by atoms with Gasteiger partial charge in [-0.05, 0) is 29.4 Å². The number of esters is 1. The summed E-state index contributed by atoms with van der Waals surface area (Å²) in [7, 11) is 0. The maximum absolute atomic E-state index is 12.5. The molecule has 2 heteroatoms. The zero-order chi connectivity index (χ0) is 15.5. The van der Waals surface area contributed by atoms with E-state index in [0.29, 0.717) is 13.0 Å². The highest BCUT2D eigenvalue weighted by Gasteiger charge is 2.51. The van der Waals surface area contributed by atoms with Crippen LogP contribution in [0.4, 0.5) is 0 Å². The Morgan fingerprint density at radius 1 is 1.29 bits per heavy atom. The molecule has 0 aliphatic carbocycles. The molecule has 1 saturated heterocycles. The van der Waals surface area contributed by atoms with E-state index in [4.69, 9.17) is 4.74 Å². The Bertz CT molecular complexity index is 549. The highest BCUT2D eigenvalue weighted by atomic mass is 16.5. The van der Waals surface area contributed by atoms with E-state index in [1.807, 2.05) is 24.3 Å². The van der Waals surface area contributed by atoms with E-state index in [9.17, 15) is 4.79 Å². The van der Waals surface area contributed by atoms with Crippen molar-refractivity contribution in [3.63, 3.8) is 0 Å². The molecule has 1 aromatic carbocycles. The van der Waals surface area contributed by atoms with Gasteiger partial charge in [0.1, 0.15) is 6.61 Å². The van der Waals surface area contributed by atoms with Crippen molar-refractivity contribution in [2.75, 3.05) is 6.61 Å². The molecule has 1 atom stereocenters. The van der Waals surface area contributed by atoms with Gasteiger partial charge in [0.25, 0.3) is 0 Å². The van der Waals surface area contributed by atoms with Gasteiger partial charge in [0, 0.05) is 0 Å². The van der Waals surface area contributed by atoms with Crippen LogP contribution in [0.2, 0.25) is 0 Å². The van der Waals surface area contributed by atoms with Gasteiger partial charge < -0.3 is 4.74 Å². The molecule has 0 bridgehead atoms. The Morgan fingerprint density at radius 2 is 1.95 bits per heavy atom. The van der Waals surface area contributed by atoms with E-state index in [1.165, 1.54) is 0 Å². The molecule has 1 unspecified atom stereocenters. The van der Waals surface area contributed by atoms with Gasteiger partial charge in [-0.1, -0.05) is 63.3 Å². The third-order valence-corrected chi connectivity index (χ3v) is 4.41. The number of rotatable bonds is 3. The number of hydrogen-bond acceptors (Lipinski definition) is 2. The fourth-order valence-corrected chi connectivity index (χ4v) is 2.96. The van der Waals surface area contributed by atoms with Gasteiger partial charge in [-0.3, -0.25) is 4.79 Å². The van der Waals surface area contributed by atoms with E-state index in [0.717, 1.165) is 17.6 Å². The third-order valence-electron chi connectivity index (χ3n) is 4.41. The molecule has 0 saturated carbocycles. The average molecular weight is 284 g/mol. The van der Waals surface area contributed by atoms with E-state index >= 15 is 0 Å². The highest BCUT2D eigenvalue weighted by Crippen LogP contribution is 2.50. The normalized spacial score (nSPS) is 24.7. The summed E-state index contributed by atoms with van der Waals surface area (Å²) in [5, 5.41) is 0. The predicted molar refractivity (Wildman–Crippen MR) is 86.7 cm³/mol. The Balaban J connectivity index is 2.36. The molecule has 2 rings (SSSR count). The fraction of sp³-hybridized carbons (Fsp3) is 0.421. The standard InChI is InChI=1S/C19H24O2/c1-5-11-19(18(2,3)4)13-16(14-21-17(19)20)12-15-9-7-6-8-10-15/h5-10,12H,1,11,13-14H2,2-4H3. The van der Waals surface area contributed by atoms with Gasteiger partial charge in [-0.25, -0.2) is 0 Å². The molecule has 2 nitrogen and oxygen atoms in total. The minimum Gasteiger partial charge on any atom is -0.461 e. The predicted octanol–water partition coefficient (Wildman–Crippen LogP) is 4.63. The van der Waals surface area contributed by atoms with Crippen LogP contribution < -0.4 is 0 Å². The van der Waals surface area contributed by atoms with Gasteiger partial charge in [0.05, 0.1) is 5.41 Å². The monoisotopic (exact) mass is 284 g/mol. The Morgan fingerprint density at radius 3 is 2.52 bits per heavy atom. The molecule has 0 N–H and O–H groups in total. The zero-order valence-electron chi connectivity index (χ0n) is 13.2. The summed E-state index contributed by atoms with van der Waals surface area (Å²) in [4.78, 5) is 12.5. The third kappa shape index (κ3) is 3.10. The molecular weight excluding hydrogens is 260 g/mol. The van der Waals surface area contributed by atoms with Crippen LogP contribution in [0.3, 0.4) is 0 Å². The number of allylic oxidation sites excluding steroid dienone is 1. The largest absolute Gasteiger partial charge is 0.461 e. The fourth-order valence-electron chi connectivity index (χ4n) is 2.96. The van der Waals surface area contributed by atoms with E-state index in [-0.39, 0.29) is 11.4 Å². The van der Waals surface area contributed by atoms with Crippen molar-refractivity contribution in [2.45, 2.75) is 33.6 Å². The first-order valence-electron chi connectivity index (χ1n) is 7.42. The quantitative estimate of drug-likeness (QED) is 0.597. The number of ether oxygens (including phenoxy) is 1. The van der Waals surface area contributed by atoms with Crippen molar-refractivity contribution in [2.24, 2.45) is 10.8 Å². The SMILES string of the molecule is C=CCC1(C(C)(C)C)CC(=Cc2ccccc2)COC1=O. The van der Waals surface area contributed by atoms with E-state index in [1.54, 1.807) is 0 Å². The van der Waals surface area contributed by atoms with Crippen LogP contribution in [0.1, 0.15) is 39.2 Å². The van der Waals surface area contributed by atoms with Crippen LogP contribution >= 0.6 is 0 Å². The average Bonchev–Trinajstić information content (AvgIpc) is 2.43. The minimum absolute atomic E-state index is 0.0971. The van der Waals surface area contributed by atoms with Crippen LogP contribution in [-0.4, -0.2) is 12.6 Å². The van der Waals surface area contributed by atoms with Crippen molar-refractivity contribution in [3.8, 4) is 0 Å². The number of cyclic esters (lactones) is 1. The van der Waals surface area contributed by atoms with Crippen LogP contribution in [-0.2, 0) is 9.53 Å². The number of benzene rings is 1. The second-order valence-electron chi connectivity index (χ2n) is 6.79. The van der Waals surface area contributed by atoms with Crippen molar-refractivity contribution < 1.29 is 9.53 Å². The first kappa shape index (κ1) is 15.6. The van der Waals surface area contributed by atoms with Crippen molar-refractivity contribution >= 4 is 12.0 Å². The molecule has 1 aromatic rings. The summed E-state index contributed by atoms with van der Waals surface area (Å²) in [6.07, 6.45) is 5.34. The van der Waals surface area contributed by atoms with Crippen molar-refractivity contribution in [1.29, 1.82) is 0 Å². The molecule has 0 aromatic heterocycles. The minimum atomic E-state index is -0.520. The van der Waals surface area contributed by atoms with Crippen LogP contribution in [0.15, 0.2) is 48.6 Å². The maximum Gasteiger partial charge on any atom is 0.313 e. The zero-order valence-corrected chi connectivity index (χ0v) is 13.2. The molecule has 1 aliphatic heterocycles. The Hall–Kier alpha value is -1.83. The lowest BCUT2D eigenvalue weighted by atomic mass is 9.60. The molecule has 0 amide bonds. The molecule has 1 fully saturated rings. The lowest BCUT2D eigenvalue weighted by molar-refractivity contribution is -0.166. The van der Waals surface area contributed by atoms with Gasteiger partial charge in [0.15, 0.2) is 0 Å². The van der Waals surface area contributed by atoms with Crippen molar-refractivity contribution in [1.82, 2.24) is 0 Å². The van der Waals surface area contributed by atoms with Gasteiger partial charge in [-0.15, -0.1) is 6.58 Å². The lowest BCUT2D eigenvalue weighted by Gasteiger charge is -2.45. The second kappa shape index (κ2) is 5.88. The summed E-state index contributed by atoms with van der Waals surface area (Å²) < 4.78 is 5.50. The van der Waals surface area contributed by atoms with Gasteiger partial charge in [-0.2, -0.15) is 0 Å². The smallest absolute Gasteiger partial charge is 0.313 e. The Labute approximate surface area is 127 Å². The highest BCUT2D eigenvalue weighted by molar-refractivity contribution is 5.80.